The minimum Gasteiger partial charge on any atom is -0.434 e. The van der Waals surface area contributed by atoms with Crippen LogP contribution in [0.15, 0.2) is 24.3 Å². The molecule has 2 aliphatic carbocycles. The van der Waals surface area contributed by atoms with Gasteiger partial charge in [0.2, 0.25) is 5.91 Å². The van der Waals surface area contributed by atoms with Gasteiger partial charge in [-0.05, 0) is 19.4 Å². The summed E-state index contributed by atoms with van der Waals surface area (Å²) >= 11 is 0. The highest BCUT2D eigenvalue weighted by Gasteiger charge is 2.28. The molecule has 2 rings (SSSR count). The van der Waals surface area contributed by atoms with Crippen molar-refractivity contribution in [2.45, 2.75) is 20.3 Å². The summed E-state index contributed by atoms with van der Waals surface area (Å²) < 4.78 is 19.9. The fourth-order valence-electron chi connectivity index (χ4n) is 2.49. The number of likely N-dealkylation sites (N-methyl/N-ethyl adjacent to an activating group) is 1. The fourth-order valence-corrected chi connectivity index (χ4v) is 2.49. The zero-order valence-corrected chi connectivity index (χ0v) is 16.3. The molecule has 0 aliphatic heterocycles. The van der Waals surface area contributed by atoms with Gasteiger partial charge in [0.05, 0.1) is 19.6 Å². The maximum atomic E-state index is 11.8. The van der Waals surface area contributed by atoms with Gasteiger partial charge in [0.25, 0.3) is 0 Å². The van der Waals surface area contributed by atoms with Crippen LogP contribution >= 0.6 is 0 Å². The molecule has 1 amide bonds. The van der Waals surface area contributed by atoms with Crippen molar-refractivity contribution < 1.29 is 38.5 Å². The van der Waals surface area contributed by atoms with E-state index < -0.39 is 18.2 Å². The molecular formula is C19H22N2O8. The van der Waals surface area contributed by atoms with Crippen LogP contribution in [0.2, 0.25) is 0 Å². The summed E-state index contributed by atoms with van der Waals surface area (Å²) in [5.41, 5.74) is 7.22. The van der Waals surface area contributed by atoms with Crippen molar-refractivity contribution >= 4 is 23.9 Å². The van der Waals surface area contributed by atoms with E-state index in [1.54, 1.807) is 38.1 Å². The third-order valence-electron chi connectivity index (χ3n) is 3.81. The number of amides is 1. The molecule has 0 saturated carbocycles. The number of hydrogen-bond acceptors (Lipinski definition) is 9. The van der Waals surface area contributed by atoms with Crippen molar-refractivity contribution in [1.82, 2.24) is 5.06 Å². The minimum atomic E-state index is -0.974. The molecule has 10 nitrogen and oxygen atoms in total. The average molecular weight is 406 g/mol. The maximum Gasteiger partial charge on any atom is 0.513 e. The molecule has 2 aliphatic rings. The van der Waals surface area contributed by atoms with Crippen molar-refractivity contribution in [3.63, 3.8) is 0 Å². The molecule has 0 aromatic carbocycles. The number of hydroxylamine groups is 2. The number of rotatable bonds is 6. The van der Waals surface area contributed by atoms with E-state index in [1.165, 1.54) is 7.05 Å². The lowest BCUT2D eigenvalue weighted by molar-refractivity contribution is -0.158. The summed E-state index contributed by atoms with van der Waals surface area (Å²) in [6.07, 6.45) is -2.03. The first-order valence-corrected chi connectivity index (χ1v) is 8.77. The monoisotopic (exact) mass is 406 g/mol. The van der Waals surface area contributed by atoms with Gasteiger partial charge in [0.15, 0.2) is 11.5 Å². The highest BCUT2D eigenvalue weighted by molar-refractivity contribution is 5.95. The number of carbonyl (C=O) groups excluding carboxylic acids is 3. The first-order chi connectivity index (χ1) is 13.8. The molecule has 0 spiro atoms. The van der Waals surface area contributed by atoms with Gasteiger partial charge in [-0.3, -0.25) is 10.0 Å². The van der Waals surface area contributed by atoms with Crippen molar-refractivity contribution in [2.24, 2.45) is 0 Å². The van der Waals surface area contributed by atoms with E-state index in [2.05, 4.69) is 0 Å². The SMILES string of the molecule is CCOC(=O)Oc1c2ccc(CC(=O)N(C)O)ccc-2c(OC(=O)OCC)c1N. The van der Waals surface area contributed by atoms with Crippen LogP contribution in [-0.4, -0.2) is 48.7 Å². The van der Waals surface area contributed by atoms with Crippen LogP contribution in [-0.2, 0) is 20.7 Å². The van der Waals surface area contributed by atoms with E-state index in [-0.39, 0.29) is 36.8 Å². The molecule has 0 aromatic heterocycles. The Morgan fingerprint density at radius 2 is 1.38 bits per heavy atom. The van der Waals surface area contributed by atoms with Crippen LogP contribution in [0.1, 0.15) is 19.4 Å². The Morgan fingerprint density at radius 3 is 1.76 bits per heavy atom. The standard InChI is InChI=1S/C19H22N2O8/c1-4-26-18(23)28-16-12-8-6-11(10-14(22)21(3)25)7-9-13(12)17(15(16)20)29-19(24)27-5-2/h6-9,25H,4-5,10,20H2,1-3H3. The molecule has 156 valence electrons. The molecule has 29 heavy (non-hydrogen) atoms. The molecule has 0 saturated heterocycles. The summed E-state index contributed by atoms with van der Waals surface area (Å²) in [6.45, 7) is 3.42. The van der Waals surface area contributed by atoms with Gasteiger partial charge in [0, 0.05) is 18.2 Å². The van der Waals surface area contributed by atoms with Crippen molar-refractivity contribution in [2.75, 3.05) is 26.0 Å². The predicted octanol–water partition coefficient (Wildman–Crippen LogP) is 2.83. The number of carbonyl (C=O) groups is 3. The highest BCUT2D eigenvalue weighted by atomic mass is 16.7. The molecule has 0 unspecified atom stereocenters. The van der Waals surface area contributed by atoms with Gasteiger partial charge < -0.3 is 24.7 Å². The number of nitrogen functional groups attached to an aromatic ring is 1. The van der Waals surface area contributed by atoms with Crippen LogP contribution in [0.3, 0.4) is 0 Å². The number of nitrogens with two attached hydrogens (primary N) is 1. The summed E-state index contributed by atoms with van der Waals surface area (Å²) in [5, 5.41) is 9.72. The van der Waals surface area contributed by atoms with Crippen molar-refractivity contribution in [3.05, 3.63) is 29.8 Å². The van der Waals surface area contributed by atoms with Gasteiger partial charge in [0.1, 0.15) is 5.69 Å². The molecule has 0 aromatic rings. The average Bonchev–Trinajstić information content (AvgIpc) is 2.79. The smallest absolute Gasteiger partial charge is 0.434 e. The van der Waals surface area contributed by atoms with Gasteiger partial charge in [-0.15, -0.1) is 0 Å². The fraction of sp³-hybridized carbons (Fsp3) is 0.316. The first-order valence-electron chi connectivity index (χ1n) is 8.77. The zero-order chi connectivity index (χ0) is 21.6. The third kappa shape index (κ3) is 5.26. The number of fused-ring (bicyclic) bond motifs is 1. The Labute approximate surface area is 167 Å². The number of anilines is 1. The van der Waals surface area contributed by atoms with Crippen LogP contribution in [0.4, 0.5) is 15.3 Å². The van der Waals surface area contributed by atoms with E-state index in [0.717, 1.165) is 0 Å². The molecule has 10 heteroatoms. The summed E-state index contributed by atoms with van der Waals surface area (Å²) in [7, 11) is 1.22. The van der Waals surface area contributed by atoms with E-state index in [9.17, 15) is 19.6 Å². The molecule has 0 radical (unpaired) electrons. The highest BCUT2D eigenvalue weighted by Crippen LogP contribution is 2.50. The Bertz CT molecular complexity index is 823. The summed E-state index contributed by atoms with van der Waals surface area (Å²) in [5.74, 6) is -0.627. The molecule has 0 heterocycles. The van der Waals surface area contributed by atoms with Gasteiger partial charge >= 0.3 is 12.3 Å². The third-order valence-corrected chi connectivity index (χ3v) is 3.81. The molecule has 0 fully saturated rings. The number of ether oxygens (including phenoxy) is 4. The Morgan fingerprint density at radius 1 is 0.931 bits per heavy atom. The van der Waals surface area contributed by atoms with Crippen molar-refractivity contribution in [1.29, 1.82) is 0 Å². The molecule has 0 atom stereocenters. The minimum absolute atomic E-state index is 0.0505. The lowest BCUT2D eigenvalue weighted by Gasteiger charge is -2.07. The van der Waals surface area contributed by atoms with Crippen molar-refractivity contribution in [3.8, 4) is 22.6 Å². The van der Waals surface area contributed by atoms with Gasteiger partial charge in [-0.2, -0.15) is 0 Å². The molecule has 3 N–H and O–H groups in total. The zero-order valence-electron chi connectivity index (χ0n) is 16.3. The van der Waals surface area contributed by atoms with Crippen LogP contribution in [0.25, 0.3) is 11.1 Å². The van der Waals surface area contributed by atoms with Gasteiger partial charge in [-0.25, -0.2) is 14.7 Å². The number of nitrogens with zero attached hydrogens (tertiary/aromatic N) is 1. The van der Waals surface area contributed by atoms with E-state index in [4.69, 9.17) is 24.7 Å². The summed E-state index contributed by atoms with van der Waals surface area (Å²) in [4.78, 5) is 35.3. The molecule has 0 bridgehead atoms. The van der Waals surface area contributed by atoms with Crippen LogP contribution in [0, 0.1) is 0 Å². The Hall–Kier alpha value is -3.53. The first kappa shape index (κ1) is 21.8. The van der Waals surface area contributed by atoms with E-state index in [0.29, 0.717) is 21.8 Å². The van der Waals surface area contributed by atoms with E-state index >= 15 is 0 Å². The quantitative estimate of drug-likeness (QED) is 0.421. The summed E-state index contributed by atoms with van der Waals surface area (Å²) in [6, 6.07) is 6.29. The number of hydrogen-bond donors (Lipinski definition) is 2. The van der Waals surface area contributed by atoms with Crippen LogP contribution < -0.4 is 15.2 Å². The van der Waals surface area contributed by atoms with Gasteiger partial charge in [-0.1, -0.05) is 24.3 Å². The lowest BCUT2D eigenvalue weighted by Crippen LogP contribution is -2.24. The topological polar surface area (TPSA) is 138 Å². The molecular weight excluding hydrogens is 384 g/mol. The van der Waals surface area contributed by atoms with E-state index in [1.807, 2.05) is 0 Å². The Kier molecular flexibility index (Phi) is 7.21. The lowest BCUT2D eigenvalue weighted by atomic mass is 10.2. The predicted molar refractivity (Wildman–Crippen MR) is 101 cm³/mol. The second kappa shape index (κ2) is 9.60. The Balaban J connectivity index is 2.52. The second-order valence-electron chi connectivity index (χ2n) is 5.81. The maximum absolute atomic E-state index is 11.8. The normalized spacial score (nSPS) is 10.3. The largest absolute Gasteiger partial charge is 0.513 e. The van der Waals surface area contributed by atoms with Crippen LogP contribution in [0.5, 0.6) is 11.5 Å². The second-order valence-corrected chi connectivity index (χ2v) is 5.81.